The summed E-state index contributed by atoms with van der Waals surface area (Å²) < 4.78 is 33.9. The van der Waals surface area contributed by atoms with Crippen LogP contribution in [-0.4, -0.2) is 46.2 Å². The van der Waals surface area contributed by atoms with Crippen molar-refractivity contribution in [2.24, 2.45) is 0 Å². The molecule has 3 aromatic carbocycles. The van der Waals surface area contributed by atoms with Crippen molar-refractivity contribution in [3.05, 3.63) is 96.1 Å². The van der Waals surface area contributed by atoms with Gasteiger partial charge in [-0.05, 0) is 36.8 Å². The van der Waals surface area contributed by atoms with E-state index in [4.69, 9.17) is 4.74 Å². The van der Waals surface area contributed by atoms with E-state index in [-0.39, 0.29) is 17.5 Å². The monoisotopic (exact) mass is 460 g/mol. The van der Waals surface area contributed by atoms with Crippen molar-refractivity contribution in [2.45, 2.75) is 17.9 Å². The lowest BCUT2D eigenvalue weighted by Crippen LogP contribution is -2.38. The third-order valence-electron chi connectivity index (χ3n) is 5.64. The van der Waals surface area contributed by atoms with E-state index in [1.165, 1.54) is 4.31 Å². The first kappa shape index (κ1) is 23.1. The third-order valence-corrected chi connectivity index (χ3v) is 7.43. The van der Waals surface area contributed by atoms with Gasteiger partial charge in [0, 0.05) is 13.1 Å². The molecular weight excluding hydrogens is 432 g/mol. The first-order chi connectivity index (χ1) is 16.1. The summed E-state index contributed by atoms with van der Waals surface area (Å²) in [5, 5.41) is 0. The summed E-state index contributed by atoms with van der Waals surface area (Å²) in [6.45, 7) is 4.92. The predicted octanol–water partition coefficient (Wildman–Crippen LogP) is 4.27. The van der Waals surface area contributed by atoms with Crippen molar-refractivity contribution in [1.82, 2.24) is 4.90 Å². The van der Waals surface area contributed by atoms with Gasteiger partial charge in [-0.15, -0.1) is 0 Å². The van der Waals surface area contributed by atoms with Crippen LogP contribution in [0.3, 0.4) is 0 Å². The molecule has 1 unspecified atom stereocenters. The quantitative estimate of drug-likeness (QED) is 0.516. The zero-order valence-electron chi connectivity index (χ0n) is 18.7. The van der Waals surface area contributed by atoms with Crippen LogP contribution in [0.5, 0.6) is 0 Å². The molecule has 1 aliphatic rings. The Morgan fingerprint density at radius 1 is 0.909 bits per heavy atom. The Balaban J connectivity index is 1.66. The third kappa shape index (κ3) is 5.63. The normalized spacial score (nSPS) is 15.3. The Morgan fingerprint density at radius 3 is 2.15 bits per heavy atom. The Kier molecular flexibility index (Phi) is 7.46. The van der Waals surface area contributed by atoms with Crippen LogP contribution in [0.4, 0.5) is 5.69 Å². The Hall–Kier alpha value is -3.11. The van der Waals surface area contributed by atoms with Gasteiger partial charge in [-0.3, -0.25) is 9.21 Å². The number of benzene rings is 3. The zero-order valence-corrected chi connectivity index (χ0v) is 19.5. The molecule has 1 fully saturated rings. The maximum atomic E-state index is 13.5. The topological polar surface area (TPSA) is 49.9 Å². The van der Waals surface area contributed by atoms with Crippen LogP contribution in [0.1, 0.15) is 17.2 Å². The van der Waals surface area contributed by atoms with Gasteiger partial charge in [0.25, 0.3) is 10.0 Å². The molecule has 1 aliphatic heterocycles. The summed E-state index contributed by atoms with van der Waals surface area (Å²) in [7, 11) is -3.76. The summed E-state index contributed by atoms with van der Waals surface area (Å²) in [5.41, 5.74) is 2.70. The SMILES string of the molecule is Cc1ccc(S(=O)(=O)N(CC#CC(c2ccccc2)N2CCOCC2)c2ccccc2)cc1. The van der Waals surface area contributed by atoms with Crippen LogP contribution in [0.2, 0.25) is 0 Å². The standard InChI is InChI=1S/C27H28N2O3S/c1-23-14-16-26(17-15-23)33(30,31)29(25-11-6-3-7-12-25)18-8-13-27(24-9-4-2-5-10-24)28-19-21-32-22-20-28/h2-7,9-12,14-17,27H,18-22H2,1H3. The zero-order chi connectivity index (χ0) is 23.1. The van der Waals surface area contributed by atoms with Gasteiger partial charge in [0.05, 0.1) is 36.4 Å². The van der Waals surface area contributed by atoms with E-state index < -0.39 is 10.0 Å². The molecule has 0 radical (unpaired) electrons. The number of para-hydroxylation sites is 1. The molecule has 0 bridgehead atoms. The second-order valence-electron chi connectivity index (χ2n) is 7.94. The number of nitrogens with zero attached hydrogens (tertiary/aromatic N) is 2. The first-order valence-corrected chi connectivity index (χ1v) is 12.5. The second-order valence-corrected chi connectivity index (χ2v) is 9.81. The van der Waals surface area contributed by atoms with Crippen molar-refractivity contribution < 1.29 is 13.2 Å². The van der Waals surface area contributed by atoms with Gasteiger partial charge in [0.15, 0.2) is 0 Å². The molecule has 0 N–H and O–H groups in total. The highest BCUT2D eigenvalue weighted by Crippen LogP contribution is 2.24. The molecule has 1 saturated heterocycles. The van der Waals surface area contributed by atoms with Crippen LogP contribution >= 0.6 is 0 Å². The number of rotatable bonds is 6. The summed E-state index contributed by atoms with van der Waals surface area (Å²) in [6, 6.07) is 26.0. The number of sulfonamides is 1. The number of aryl methyl sites for hydroxylation is 1. The maximum Gasteiger partial charge on any atom is 0.265 e. The molecule has 33 heavy (non-hydrogen) atoms. The molecule has 0 aromatic heterocycles. The number of hydrogen-bond acceptors (Lipinski definition) is 4. The molecule has 5 nitrogen and oxygen atoms in total. The maximum absolute atomic E-state index is 13.5. The van der Waals surface area contributed by atoms with E-state index in [1.54, 1.807) is 24.3 Å². The highest BCUT2D eigenvalue weighted by Gasteiger charge is 2.25. The number of morpholine rings is 1. The van der Waals surface area contributed by atoms with Crippen LogP contribution in [0.15, 0.2) is 89.8 Å². The fourth-order valence-electron chi connectivity index (χ4n) is 3.82. The van der Waals surface area contributed by atoms with Gasteiger partial charge < -0.3 is 4.74 Å². The number of hydrogen-bond donors (Lipinski definition) is 0. The van der Waals surface area contributed by atoms with Crippen molar-refractivity contribution in [1.29, 1.82) is 0 Å². The summed E-state index contributed by atoms with van der Waals surface area (Å²) >= 11 is 0. The van der Waals surface area contributed by atoms with Gasteiger partial charge in [-0.1, -0.05) is 78.1 Å². The van der Waals surface area contributed by atoms with Crippen LogP contribution in [0.25, 0.3) is 0 Å². The van der Waals surface area contributed by atoms with E-state index in [0.29, 0.717) is 18.9 Å². The van der Waals surface area contributed by atoms with Crippen molar-refractivity contribution in [3.8, 4) is 11.8 Å². The number of ether oxygens (including phenoxy) is 1. The highest BCUT2D eigenvalue weighted by atomic mass is 32.2. The van der Waals surface area contributed by atoms with E-state index >= 15 is 0 Å². The van der Waals surface area contributed by atoms with Crippen molar-refractivity contribution >= 4 is 15.7 Å². The largest absolute Gasteiger partial charge is 0.379 e. The minimum absolute atomic E-state index is 0.0634. The lowest BCUT2D eigenvalue weighted by atomic mass is 10.1. The van der Waals surface area contributed by atoms with Gasteiger partial charge in [0.2, 0.25) is 0 Å². The van der Waals surface area contributed by atoms with E-state index in [9.17, 15) is 8.42 Å². The molecule has 0 spiro atoms. The summed E-state index contributed by atoms with van der Waals surface area (Å²) in [4.78, 5) is 2.54. The molecule has 170 valence electrons. The molecule has 6 heteroatoms. The average Bonchev–Trinajstić information content (AvgIpc) is 2.86. The minimum Gasteiger partial charge on any atom is -0.379 e. The van der Waals surface area contributed by atoms with E-state index in [2.05, 4.69) is 28.9 Å². The van der Waals surface area contributed by atoms with Crippen LogP contribution in [-0.2, 0) is 14.8 Å². The van der Waals surface area contributed by atoms with Crippen LogP contribution in [0, 0.1) is 18.8 Å². The number of anilines is 1. The predicted molar refractivity (Wildman–Crippen MR) is 132 cm³/mol. The van der Waals surface area contributed by atoms with Crippen molar-refractivity contribution in [3.63, 3.8) is 0 Å². The lowest BCUT2D eigenvalue weighted by Gasteiger charge is -2.32. The van der Waals surface area contributed by atoms with E-state index in [0.717, 1.165) is 24.2 Å². The average molecular weight is 461 g/mol. The Morgan fingerprint density at radius 2 is 1.52 bits per heavy atom. The molecule has 0 amide bonds. The fourth-order valence-corrected chi connectivity index (χ4v) is 5.19. The molecule has 3 aromatic rings. The smallest absolute Gasteiger partial charge is 0.265 e. The molecule has 1 atom stereocenters. The minimum atomic E-state index is -3.76. The second kappa shape index (κ2) is 10.7. The summed E-state index contributed by atoms with van der Waals surface area (Å²) in [6.07, 6.45) is 0. The molecule has 4 rings (SSSR count). The highest BCUT2D eigenvalue weighted by molar-refractivity contribution is 7.92. The van der Waals surface area contributed by atoms with E-state index in [1.807, 2.05) is 55.5 Å². The van der Waals surface area contributed by atoms with Gasteiger partial charge in [-0.2, -0.15) is 0 Å². The Bertz CT molecular complexity index is 1190. The molecular formula is C27H28N2O3S. The van der Waals surface area contributed by atoms with Gasteiger partial charge in [0.1, 0.15) is 0 Å². The van der Waals surface area contributed by atoms with Crippen molar-refractivity contribution in [2.75, 3.05) is 37.2 Å². The summed E-state index contributed by atoms with van der Waals surface area (Å²) in [5.74, 6) is 6.53. The van der Waals surface area contributed by atoms with Gasteiger partial charge >= 0.3 is 0 Å². The Labute approximate surface area is 196 Å². The molecule has 0 aliphatic carbocycles. The molecule has 0 saturated carbocycles. The molecule has 1 heterocycles. The first-order valence-electron chi connectivity index (χ1n) is 11.1. The van der Waals surface area contributed by atoms with Gasteiger partial charge in [-0.25, -0.2) is 8.42 Å². The fraction of sp³-hybridized carbons (Fsp3) is 0.259. The lowest BCUT2D eigenvalue weighted by molar-refractivity contribution is 0.0270. The van der Waals surface area contributed by atoms with Crippen LogP contribution < -0.4 is 4.31 Å².